The number of likely N-dealkylation sites (tertiary alicyclic amines) is 1. The van der Waals surface area contributed by atoms with E-state index in [1.54, 1.807) is 12.0 Å². The van der Waals surface area contributed by atoms with Crippen LogP contribution in [0.25, 0.3) is 0 Å². The summed E-state index contributed by atoms with van der Waals surface area (Å²) in [5.74, 6) is 1.79. The maximum atomic E-state index is 13.7. The lowest BCUT2D eigenvalue weighted by Crippen LogP contribution is -2.51. The van der Waals surface area contributed by atoms with Crippen molar-refractivity contribution in [3.8, 4) is 11.5 Å². The summed E-state index contributed by atoms with van der Waals surface area (Å²) in [6, 6.07) is 24.1. The van der Waals surface area contributed by atoms with Crippen LogP contribution in [0.5, 0.6) is 11.5 Å². The molecule has 3 heterocycles. The molecule has 2 amide bonds. The summed E-state index contributed by atoms with van der Waals surface area (Å²) in [7, 11) is -0.437. The van der Waals surface area contributed by atoms with E-state index in [4.69, 9.17) is 14.2 Å². The second kappa shape index (κ2) is 13.6. The molecule has 0 spiro atoms. The van der Waals surface area contributed by atoms with E-state index >= 15 is 0 Å². The van der Waals surface area contributed by atoms with E-state index in [0.717, 1.165) is 48.4 Å². The third kappa shape index (κ3) is 6.33. The summed E-state index contributed by atoms with van der Waals surface area (Å²) < 4.78 is 18.0. The highest BCUT2D eigenvalue weighted by molar-refractivity contribution is 6.91. The molecule has 0 radical (unpaired) electrons. The molecule has 3 aromatic rings. The van der Waals surface area contributed by atoms with Crippen molar-refractivity contribution in [1.29, 1.82) is 0 Å². The number of aliphatic hydroxyl groups excluding tert-OH is 1. The average Bonchev–Trinajstić information content (AvgIpc) is 3.68. The van der Waals surface area contributed by atoms with E-state index < -0.39 is 8.07 Å². The van der Waals surface area contributed by atoms with Crippen LogP contribution in [0.3, 0.4) is 0 Å². The normalized spacial score (nSPS) is 24.5. The van der Waals surface area contributed by atoms with Gasteiger partial charge in [-0.1, -0.05) is 61.6 Å². The molecule has 0 saturated carbocycles. The van der Waals surface area contributed by atoms with Crippen molar-refractivity contribution in [2.45, 2.75) is 75.9 Å². The summed E-state index contributed by atoms with van der Waals surface area (Å²) in [5.41, 5.74) is 2.96. The van der Waals surface area contributed by atoms with E-state index in [-0.39, 0.29) is 54.7 Å². The fourth-order valence-corrected chi connectivity index (χ4v) is 12.1. The first-order valence-corrected chi connectivity index (χ1v) is 19.6. The number of methoxy groups -OCH3 is 1. The van der Waals surface area contributed by atoms with Gasteiger partial charge in [-0.2, -0.15) is 0 Å². The largest absolute Gasteiger partial charge is 0.497 e. The van der Waals surface area contributed by atoms with Crippen LogP contribution < -0.4 is 19.6 Å². The fraction of sp³-hybridized carbons (Fsp3) is 0.459. The topological polar surface area (TPSA) is 88.5 Å². The minimum atomic E-state index is -2.12. The molecular weight excluding hydrogens is 597 g/mol. The van der Waals surface area contributed by atoms with Gasteiger partial charge >= 0.3 is 0 Å². The van der Waals surface area contributed by atoms with Crippen molar-refractivity contribution < 1.29 is 28.9 Å². The average molecular weight is 643 g/mol. The lowest BCUT2D eigenvalue weighted by molar-refractivity contribution is -0.135. The van der Waals surface area contributed by atoms with E-state index in [1.165, 1.54) is 5.19 Å². The molecule has 1 N–H and O–H groups in total. The summed E-state index contributed by atoms with van der Waals surface area (Å²) >= 11 is 0. The molecule has 3 aliphatic heterocycles. The molecule has 0 aliphatic carbocycles. The zero-order valence-electron chi connectivity index (χ0n) is 27.4. The Labute approximate surface area is 273 Å². The van der Waals surface area contributed by atoms with E-state index in [0.29, 0.717) is 18.7 Å². The number of nitrogens with zero attached hydrogens (tertiary/aromatic N) is 2. The second-order valence-corrected chi connectivity index (χ2v) is 18.2. The maximum Gasteiger partial charge on any atom is 0.269 e. The highest BCUT2D eigenvalue weighted by Crippen LogP contribution is 2.47. The van der Waals surface area contributed by atoms with Gasteiger partial charge in [-0.05, 0) is 79.1 Å². The Morgan fingerprint density at radius 3 is 2.59 bits per heavy atom. The Morgan fingerprint density at radius 1 is 1.04 bits per heavy atom. The van der Waals surface area contributed by atoms with Gasteiger partial charge in [0.25, 0.3) is 5.91 Å². The number of benzene rings is 3. The fourth-order valence-electron chi connectivity index (χ4n) is 8.03. The van der Waals surface area contributed by atoms with Gasteiger partial charge in [-0.3, -0.25) is 14.5 Å². The molecule has 8 nitrogen and oxygen atoms in total. The predicted molar refractivity (Wildman–Crippen MR) is 182 cm³/mol. The Bertz CT molecular complexity index is 1540. The van der Waals surface area contributed by atoms with Crippen molar-refractivity contribution in [3.63, 3.8) is 0 Å². The standard InChI is InChI=1S/C37H46N2O6Si/c1-25-32(19-14-26-9-7-10-27(21-26)39-31-12-5-6-13-33(31)44-24-36(39)42)45-34(22-35(41)38-20-8-11-28(38)23-40)37(25)46(3,4)30-17-15-29(43-2)16-18-30/h5-7,9-10,12-13,15-18,21,25,28,32,34,37,40H,8,11,14,19-20,22-24H2,1-4H3/t25-,28-,32+,34-,37+/m0/s1. The smallest absolute Gasteiger partial charge is 0.269 e. The minimum Gasteiger partial charge on any atom is -0.497 e. The number of fused-ring (bicyclic) bond motifs is 1. The zero-order chi connectivity index (χ0) is 32.4. The first kappa shape index (κ1) is 32.3. The number of para-hydroxylation sites is 2. The van der Waals surface area contributed by atoms with Crippen molar-refractivity contribution in [2.75, 3.05) is 31.8 Å². The Kier molecular flexibility index (Phi) is 9.54. The number of hydrogen-bond donors (Lipinski definition) is 1. The monoisotopic (exact) mass is 642 g/mol. The molecule has 9 heteroatoms. The summed E-state index contributed by atoms with van der Waals surface area (Å²) in [5, 5.41) is 11.2. The van der Waals surface area contributed by atoms with Crippen LogP contribution in [-0.2, 0) is 20.7 Å². The van der Waals surface area contributed by atoms with Crippen molar-refractivity contribution in [1.82, 2.24) is 4.90 Å². The molecule has 244 valence electrons. The Balaban J connectivity index is 1.22. The molecule has 0 bridgehead atoms. The zero-order valence-corrected chi connectivity index (χ0v) is 28.4. The van der Waals surface area contributed by atoms with E-state index in [9.17, 15) is 14.7 Å². The van der Waals surface area contributed by atoms with E-state index in [1.807, 2.05) is 53.4 Å². The van der Waals surface area contributed by atoms with Gasteiger partial charge in [-0.25, -0.2) is 0 Å². The van der Waals surface area contributed by atoms with Gasteiger partial charge in [-0.15, -0.1) is 0 Å². The van der Waals surface area contributed by atoms with Crippen LogP contribution in [0.1, 0.15) is 38.2 Å². The lowest BCUT2D eigenvalue weighted by atomic mass is 9.94. The number of aryl methyl sites for hydroxylation is 1. The molecule has 5 atom stereocenters. The highest BCUT2D eigenvalue weighted by Gasteiger charge is 2.51. The summed E-state index contributed by atoms with van der Waals surface area (Å²) in [6.45, 7) is 7.81. The first-order valence-electron chi connectivity index (χ1n) is 16.5. The van der Waals surface area contributed by atoms with Gasteiger partial charge in [0.1, 0.15) is 11.5 Å². The van der Waals surface area contributed by atoms with Gasteiger partial charge in [0.15, 0.2) is 6.61 Å². The third-order valence-corrected chi connectivity index (χ3v) is 14.8. The minimum absolute atomic E-state index is 0.00515. The third-order valence-electron chi connectivity index (χ3n) is 10.4. The number of rotatable bonds is 10. The lowest BCUT2D eigenvalue weighted by Gasteiger charge is -2.36. The molecule has 3 aromatic carbocycles. The predicted octanol–water partition coefficient (Wildman–Crippen LogP) is 5.45. The van der Waals surface area contributed by atoms with Gasteiger partial charge in [0.05, 0.1) is 52.1 Å². The molecule has 6 rings (SSSR count). The molecular formula is C37H46N2O6Si. The number of anilines is 2. The number of amides is 2. The Hall–Kier alpha value is -3.66. The molecule has 3 aliphatic rings. The first-order chi connectivity index (χ1) is 22.2. The van der Waals surface area contributed by atoms with Crippen molar-refractivity contribution in [3.05, 3.63) is 78.4 Å². The molecule has 46 heavy (non-hydrogen) atoms. The Morgan fingerprint density at radius 2 is 1.83 bits per heavy atom. The quantitative estimate of drug-likeness (QED) is 0.296. The maximum absolute atomic E-state index is 13.7. The van der Waals surface area contributed by atoms with Gasteiger partial charge in [0, 0.05) is 12.2 Å². The van der Waals surface area contributed by atoms with Crippen molar-refractivity contribution in [2.24, 2.45) is 5.92 Å². The van der Waals surface area contributed by atoms with Crippen LogP contribution in [0.4, 0.5) is 11.4 Å². The van der Waals surface area contributed by atoms with Crippen LogP contribution >= 0.6 is 0 Å². The molecule has 2 fully saturated rings. The van der Waals surface area contributed by atoms with Gasteiger partial charge in [0.2, 0.25) is 5.91 Å². The van der Waals surface area contributed by atoms with Crippen LogP contribution in [0, 0.1) is 5.92 Å². The number of carbonyl (C=O) groups excluding carboxylic acids is 2. The van der Waals surface area contributed by atoms with Crippen LogP contribution in [0.2, 0.25) is 18.6 Å². The number of hydrogen-bond acceptors (Lipinski definition) is 6. The summed E-state index contributed by atoms with van der Waals surface area (Å²) in [6.07, 6.45) is 3.53. The van der Waals surface area contributed by atoms with Crippen LogP contribution in [0.15, 0.2) is 72.8 Å². The molecule has 0 unspecified atom stereocenters. The molecule has 0 aromatic heterocycles. The number of ether oxygens (including phenoxy) is 3. The second-order valence-electron chi connectivity index (χ2n) is 13.5. The molecule has 2 saturated heterocycles. The van der Waals surface area contributed by atoms with Gasteiger partial charge < -0.3 is 24.2 Å². The van der Waals surface area contributed by atoms with Crippen LogP contribution in [-0.4, -0.2) is 75.0 Å². The SMILES string of the molecule is COc1ccc([Si](C)(C)[C@@H]2[C@@H](C)[C@@H](CCc3cccc(N4C(=O)COc5ccccc54)c3)O[C@H]2CC(=O)N2CCC[C@H]2CO)cc1. The number of carbonyl (C=O) groups is 2. The van der Waals surface area contributed by atoms with E-state index in [2.05, 4.69) is 44.3 Å². The summed E-state index contributed by atoms with van der Waals surface area (Å²) in [4.78, 5) is 30.2. The highest BCUT2D eigenvalue weighted by atomic mass is 28.3. The number of aliphatic hydroxyl groups is 1. The van der Waals surface area contributed by atoms with Crippen molar-refractivity contribution >= 4 is 36.4 Å².